The molecule has 7 heteroatoms. The first kappa shape index (κ1) is 12.4. The van der Waals surface area contributed by atoms with Crippen molar-refractivity contribution in [2.75, 3.05) is 6.54 Å². The largest absolute Gasteiger partial charge is 0.415 e. The highest BCUT2D eigenvalue weighted by molar-refractivity contribution is 7.09. The number of halogens is 3. The number of aryl methyl sites for hydroxylation is 1. The summed E-state index contributed by atoms with van der Waals surface area (Å²) in [6.07, 6.45) is -6.87. The van der Waals surface area contributed by atoms with Gasteiger partial charge < -0.3 is 10.4 Å². The number of nitrogens with zero attached hydrogens (tertiary/aromatic N) is 1. The second-order valence-electron chi connectivity index (χ2n) is 3.05. The van der Waals surface area contributed by atoms with Gasteiger partial charge in [0.1, 0.15) is 0 Å². The molecule has 0 fully saturated rings. The minimum absolute atomic E-state index is 0.295. The number of rotatable bonds is 4. The highest BCUT2D eigenvalue weighted by Crippen LogP contribution is 2.19. The Balaban J connectivity index is 2.31. The van der Waals surface area contributed by atoms with Gasteiger partial charge in [-0.1, -0.05) is 0 Å². The second kappa shape index (κ2) is 4.91. The Kier molecular flexibility index (Phi) is 4.06. The number of aliphatic hydroxyl groups is 1. The van der Waals surface area contributed by atoms with Crippen LogP contribution in [0.25, 0.3) is 0 Å². The molecule has 1 aromatic rings. The van der Waals surface area contributed by atoms with E-state index in [1.54, 1.807) is 12.4 Å². The summed E-state index contributed by atoms with van der Waals surface area (Å²) in [6, 6.07) is 0. The zero-order chi connectivity index (χ0) is 11.5. The molecule has 0 aromatic carbocycles. The average molecular weight is 240 g/mol. The third kappa shape index (κ3) is 3.77. The van der Waals surface area contributed by atoms with Gasteiger partial charge in [-0.25, -0.2) is 4.98 Å². The topological polar surface area (TPSA) is 45.2 Å². The van der Waals surface area contributed by atoms with Crippen LogP contribution in [0.3, 0.4) is 0 Å². The quantitative estimate of drug-likeness (QED) is 0.837. The number of aliphatic hydroxyl groups excluding tert-OH is 1. The molecule has 1 aromatic heterocycles. The minimum Gasteiger partial charge on any atom is -0.382 e. The van der Waals surface area contributed by atoms with Gasteiger partial charge in [0.05, 0.1) is 11.2 Å². The molecular formula is C8H11F3N2OS. The first-order valence-electron chi connectivity index (χ1n) is 4.25. The van der Waals surface area contributed by atoms with Gasteiger partial charge in [0.2, 0.25) is 0 Å². The molecule has 1 unspecified atom stereocenters. The van der Waals surface area contributed by atoms with Crippen LogP contribution in [0.2, 0.25) is 0 Å². The van der Waals surface area contributed by atoms with E-state index in [-0.39, 0.29) is 0 Å². The Morgan fingerprint density at radius 3 is 2.73 bits per heavy atom. The van der Waals surface area contributed by atoms with Crippen molar-refractivity contribution in [1.29, 1.82) is 0 Å². The Labute approximate surface area is 89.0 Å². The molecule has 0 spiro atoms. The lowest BCUT2D eigenvalue weighted by atomic mass is 10.3. The number of nitrogens with one attached hydrogen (secondary N) is 1. The number of alkyl halides is 3. The van der Waals surface area contributed by atoms with Gasteiger partial charge in [0.15, 0.2) is 6.10 Å². The van der Waals surface area contributed by atoms with E-state index in [1.165, 1.54) is 11.3 Å². The van der Waals surface area contributed by atoms with Crippen molar-refractivity contribution in [2.45, 2.75) is 25.7 Å². The summed E-state index contributed by atoms with van der Waals surface area (Å²) in [5.41, 5.74) is 2.43. The molecule has 2 N–H and O–H groups in total. The van der Waals surface area contributed by atoms with E-state index in [0.717, 1.165) is 10.6 Å². The van der Waals surface area contributed by atoms with E-state index in [9.17, 15) is 13.2 Å². The number of thiazole rings is 1. The molecule has 0 saturated carbocycles. The molecule has 1 rings (SSSR count). The van der Waals surface area contributed by atoms with Crippen molar-refractivity contribution in [1.82, 2.24) is 10.3 Å². The average Bonchev–Trinajstić information content (AvgIpc) is 2.50. The van der Waals surface area contributed by atoms with E-state index in [0.29, 0.717) is 6.54 Å². The SMILES string of the molecule is Cc1ncsc1CNCC(O)C(F)(F)F. The number of hydrogen-bond acceptors (Lipinski definition) is 4. The Hall–Kier alpha value is -0.660. The third-order valence-electron chi connectivity index (χ3n) is 1.85. The number of aromatic nitrogens is 1. The Morgan fingerprint density at radius 2 is 2.27 bits per heavy atom. The van der Waals surface area contributed by atoms with E-state index in [1.807, 2.05) is 0 Å². The summed E-state index contributed by atoms with van der Waals surface area (Å²) in [4.78, 5) is 4.84. The predicted octanol–water partition coefficient (Wildman–Crippen LogP) is 1.46. The maximum absolute atomic E-state index is 11.9. The van der Waals surface area contributed by atoms with Gasteiger partial charge in [-0.05, 0) is 6.92 Å². The van der Waals surface area contributed by atoms with Crippen LogP contribution in [-0.4, -0.2) is 28.9 Å². The maximum Gasteiger partial charge on any atom is 0.415 e. The summed E-state index contributed by atoms with van der Waals surface area (Å²) >= 11 is 1.37. The third-order valence-corrected chi connectivity index (χ3v) is 2.78. The van der Waals surface area contributed by atoms with E-state index in [4.69, 9.17) is 5.11 Å². The molecule has 0 aliphatic carbocycles. The Morgan fingerprint density at radius 1 is 1.60 bits per heavy atom. The fraction of sp³-hybridized carbons (Fsp3) is 0.625. The lowest BCUT2D eigenvalue weighted by molar-refractivity contribution is -0.201. The normalized spacial score (nSPS) is 14.2. The van der Waals surface area contributed by atoms with Gasteiger partial charge >= 0.3 is 6.18 Å². The molecule has 0 bridgehead atoms. The van der Waals surface area contributed by atoms with Crippen LogP contribution in [0.1, 0.15) is 10.6 Å². The number of hydrogen-bond donors (Lipinski definition) is 2. The highest BCUT2D eigenvalue weighted by atomic mass is 32.1. The zero-order valence-electron chi connectivity index (χ0n) is 8.01. The molecule has 0 radical (unpaired) electrons. The molecule has 1 atom stereocenters. The minimum atomic E-state index is -4.56. The molecular weight excluding hydrogens is 229 g/mol. The standard InChI is InChI=1S/C8H11F3N2OS/c1-5-6(15-4-13-5)2-12-3-7(14)8(9,10)11/h4,7,12,14H,2-3H2,1H3. The van der Waals surface area contributed by atoms with Crippen molar-refractivity contribution in [2.24, 2.45) is 0 Å². The second-order valence-corrected chi connectivity index (χ2v) is 3.99. The van der Waals surface area contributed by atoms with E-state index in [2.05, 4.69) is 10.3 Å². The predicted molar refractivity (Wildman–Crippen MR) is 50.6 cm³/mol. The lowest BCUT2D eigenvalue weighted by Gasteiger charge is -2.14. The van der Waals surface area contributed by atoms with Crippen molar-refractivity contribution in [3.05, 3.63) is 16.1 Å². The maximum atomic E-state index is 11.9. The van der Waals surface area contributed by atoms with E-state index < -0.39 is 18.8 Å². The molecule has 86 valence electrons. The summed E-state index contributed by atoms with van der Waals surface area (Å²) in [5.74, 6) is 0. The molecule has 0 aliphatic rings. The van der Waals surface area contributed by atoms with Gasteiger partial charge in [-0.3, -0.25) is 0 Å². The van der Waals surface area contributed by atoms with Gasteiger partial charge in [0, 0.05) is 18.0 Å². The molecule has 3 nitrogen and oxygen atoms in total. The summed E-state index contributed by atoms with van der Waals surface area (Å²) < 4.78 is 35.7. The van der Waals surface area contributed by atoms with Crippen LogP contribution in [0.5, 0.6) is 0 Å². The summed E-state index contributed by atoms with van der Waals surface area (Å²) in [5, 5.41) is 11.2. The Bertz CT molecular complexity index is 313. The monoisotopic (exact) mass is 240 g/mol. The van der Waals surface area contributed by atoms with Crippen molar-refractivity contribution < 1.29 is 18.3 Å². The smallest absolute Gasteiger partial charge is 0.382 e. The van der Waals surface area contributed by atoms with Crippen LogP contribution in [0.15, 0.2) is 5.51 Å². The van der Waals surface area contributed by atoms with Crippen molar-refractivity contribution in [3.8, 4) is 0 Å². The molecule has 0 saturated heterocycles. The zero-order valence-corrected chi connectivity index (χ0v) is 8.82. The lowest BCUT2D eigenvalue weighted by Crippen LogP contribution is -2.38. The molecule has 15 heavy (non-hydrogen) atoms. The van der Waals surface area contributed by atoms with Gasteiger partial charge in [-0.15, -0.1) is 11.3 Å². The van der Waals surface area contributed by atoms with Crippen molar-refractivity contribution >= 4 is 11.3 Å². The first-order chi connectivity index (χ1) is 6.91. The van der Waals surface area contributed by atoms with Crippen molar-refractivity contribution in [3.63, 3.8) is 0 Å². The highest BCUT2D eigenvalue weighted by Gasteiger charge is 2.37. The van der Waals surface area contributed by atoms with Gasteiger partial charge in [-0.2, -0.15) is 13.2 Å². The van der Waals surface area contributed by atoms with Gasteiger partial charge in [0.25, 0.3) is 0 Å². The molecule has 0 aliphatic heterocycles. The van der Waals surface area contributed by atoms with Crippen LogP contribution in [0.4, 0.5) is 13.2 Å². The summed E-state index contributed by atoms with van der Waals surface area (Å²) in [7, 11) is 0. The van der Waals surface area contributed by atoms with Crippen LogP contribution >= 0.6 is 11.3 Å². The van der Waals surface area contributed by atoms with Crippen LogP contribution in [0, 0.1) is 6.92 Å². The fourth-order valence-corrected chi connectivity index (χ4v) is 1.68. The van der Waals surface area contributed by atoms with Crippen LogP contribution in [-0.2, 0) is 6.54 Å². The molecule has 0 amide bonds. The first-order valence-corrected chi connectivity index (χ1v) is 5.13. The van der Waals surface area contributed by atoms with Crippen LogP contribution < -0.4 is 5.32 Å². The van der Waals surface area contributed by atoms with E-state index >= 15 is 0 Å². The summed E-state index contributed by atoms with van der Waals surface area (Å²) in [6.45, 7) is 1.58. The molecule has 1 heterocycles. The fourth-order valence-electron chi connectivity index (χ4n) is 0.934.